The fourth-order valence-corrected chi connectivity index (χ4v) is 2.24. The number of nitrogens with one attached hydrogen (secondary N) is 1. The molecule has 3 nitrogen and oxygen atoms in total. The van der Waals surface area contributed by atoms with Crippen LogP contribution in [-0.4, -0.2) is 36.0 Å². The number of hydrogen-bond donors (Lipinski definition) is 1. The van der Waals surface area contributed by atoms with Gasteiger partial charge in [0.05, 0.1) is 0 Å². The third-order valence-electron chi connectivity index (χ3n) is 2.93. The molecule has 0 spiro atoms. The summed E-state index contributed by atoms with van der Waals surface area (Å²) in [6.07, 6.45) is 3.04. The molecular weight excluding hydrogens is 152 g/mol. The predicted molar refractivity (Wildman–Crippen MR) is 46.8 cm³/mol. The van der Waals surface area contributed by atoms with Crippen LogP contribution >= 0.6 is 0 Å². The van der Waals surface area contributed by atoms with Crippen molar-refractivity contribution in [1.82, 2.24) is 10.2 Å². The molecular formula is C9H16N2O. The van der Waals surface area contributed by atoms with Crippen LogP contribution in [0.1, 0.15) is 26.2 Å². The normalized spacial score (nSPS) is 31.9. The Bertz CT molecular complexity index is 187. The molecule has 2 saturated heterocycles. The van der Waals surface area contributed by atoms with E-state index in [9.17, 15) is 4.79 Å². The summed E-state index contributed by atoms with van der Waals surface area (Å²) >= 11 is 0. The van der Waals surface area contributed by atoms with E-state index in [2.05, 4.69) is 17.1 Å². The van der Waals surface area contributed by atoms with Crippen molar-refractivity contribution in [2.75, 3.05) is 13.1 Å². The minimum absolute atomic E-state index is 0.356. The van der Waals surface area contributed by atoms with Gasteiger partial charge in [0.1, 0.15) is 0 Å². The van der Waals surface area contributed by atoms with Crippen molar-refractivity contribution in [2.24, 2.45) is 0 Å². The van der Waals surface area contributed by atoms with E-state index in [-0.39, 0.29) is 0 Å². The standard InChI is InChI=1S/C9H16N2O/c1-7-6-9(12)11(7)8-2-4-10-5-3-8/h7-8,10H,2-6H2,1H3/t7-/m1/s1. The number of hydrogen-bond acceptors (Lipinski definition) is 2. The molecule has 0 aliphatic carbocycles. The van der Waals surface area contributed by atoms with E-state index in [0.717, 1.165) is 32.4 Å². The Morgan fingerprint density at radius 2 is 2.08 bits per heavy atom. The van der Waals surface area contributed by atoms with Gasteiger partial charge in [0.2, 0.25) is 5.91 Å². The van der Waals surface area contributed by atoms with Crippen molar-refractivity contribution in [2.45, 2.75) is 38.3 Å². The summed E-state index contributed by atoms with van der Waals surface area (Å²) in [7, 11) is 0. The lowest BCUT2D eigenvalue weighted by molar-refractivity contribution is -0.149. The summed E-state index contributed by atoms with van der Waals surface area (Å²) in [5.41, 5.74) is 0. The van der Waals surface area contributed by atoms with E-state index in [4.69, 9.17) is 0 Å². The number of likely N-dealkylation sites (tertiary alicyclic amines) is 1. The fraction of sp³-hybridized carbons (Fsp3) is 0.889. The highest BCUT2D eigenvalue weighted by molar-refractivity contribution is 5.83. The average Bonchev–Trinajstić information content (AvgIpc) is 2.05. The molecule has 2 aliphatic heterocycles. The Labute approximate surface area is 73.1 Å². The van der Waals surface area contributed by atoms with Crippen LogP contribution in [0.3, 0.4) is 0 Å². The van der Waals surface area contributed by atoms with Gasteiger partial charge < -0.3 is 10.2 Å². The van der Waals surface area contributed by atoms with Crippen molar-refractivity contribution < 1.29 is 4.79 Å². The number of piperidine rings is 1. The number of rotatable bonds is 1. The van der Waals surface area contributed by atoms with Crippen molar-refractivity contribution >= 4 is 5.91 Å². The third kappa shape index (κ3) is 1.22. The van der Waals surface area contributed by atoms with Crippen LogP contribution in [0, 0.1) is 0 Å². The molecule has 0 aromatic carbocycles. The SMILES string of the molecule is C[C@@H]1CC(=O)N1C1CCNCC1. The van der Waals surface area contributed by atoms with E-state index < -0.39 is 0 Å². The topological polar surface area (TPSA) is 32.3 Å². The molecule has 0 aromatic rings. The number of β-lactam (4-membered cyclic amide) rings is 1. The van der Waals surface area contributed by atoms with Gasteiger partial charge in [0, 0.05) is 18.5 Å². The lowest BCUT2D eigenvalue weighted by Crippen LogP contribution is -2.58. The van der Waals surface area contributed by atoms with Crippen LogP contribution < -0.4 is 5.32 Å². The molecule has 0 saturated carbocycles. The quantitative estimate of drug-likeness (QED) is 0.573. The minimum atomic E-state index is 0.356. The van der Waals surface area contributed by atoms with Crippen LogP contribution in [0.4, 0.5) is 0 Å². The zero-order valence-electron chi connectivity index (χ0n) is 7.55. The average molecular weight is 168 g/mol. The Balaban J connectivity index is 1.93. The van der Waals surface area contributed by atoms with Crippen LogP contribution in [0.15, 0.2) is 0 Å². The monoisotopic (exact) mass is 168 g/mol. The second-order valence-corrected chi connectivity index (χ2v) is 3.84. The number of nitrogens with zero attached hydrogens (tertiary/aromatic N) is 1. The zero-order valence-corrected chi connectivity index (χ0v) is 7.55. The maximum atomic E-state index is 11.2. The Morgan fingerprint density at radius 1 is 1.42 bits per heavy atom. The first-order valence-electron chi connectivity index (χ1n) is 4.81. The lowest BCUT2D eigenvalue weighted by Gasteiger charge is -2.45. The summed E-state index contributed by atoms with van der Waals surface area (Å²) in [6, 6.07) is 1.03. The molecule has 68 valence electrons. The van der Waals surface area contributed by atoms with Crippen molar-refractivity contribution in [3.63, 3.8) is 0 Å². The summed E-state index contributed by atoms with van der Waals surface area (Å²) in [5.74, 6) is 0.356. The van der Waals surface area contributed by atoms with Crippen molar-refractivity contribution in [1.29, 1.82) is 0 Å². The zero-order chi connectivity index (χ0) is 8.55. The molecule has 0 radical (unpaired) electrons. The molecule has 0 unspecified atom stereocenters. The van der Waals surface area contributed by atoms with Crippen LogP contribution in [-0.2, 0) is 4.79 Å². The van der Waals surface area contributed by atoms with E-state index in [1.54, 1.807) is 0 Å². The highest BCUT2D eigenvalue weighted by atomic mass is 16.2. The lowest BCUT2D eigenvalue weighted by atomic mass is 9.95. The molecule has 1 N–H and O–H groups in total. The summed E-state index contributed by atoms with van der Waals surface area (Å²) in [4.78, 5) is 13.3. The highest BCUT2D eigenvalue weighted by Gasteiger charge is 2.37. The summed E-state index contributed by atoms with van der Waals surface area (Å²) < 4.78 is 0. The number of amides is 1. The second-order valence-electron chi connectivity index (χ2n) is 3.84. The molecule has 0 bridgehead atoms. The first-order valence-corrected chi connectivity index (χ1v) is 4.81. The van der Waals surface area contributed by atoms with Gasteiger partial charge in [0.15, 0.2) is 0 Å². The molecule has 3 heteroatoms. The fourth-order valence-electron chi connectivity index (χ4n) is 2.24. The van der Waals surface area contributed by atoms with Crippen molar-refractivity contribution in [3.05, 3.63) is 0 Å². The van der Waals surface area contributed by atoms with Crippen LogP contribution in [0.2, 0.25) is 0 Å². The first kappa shape index (κ1) is 8.05. The van der Waals surface area contributed by atoms with Crippen molar-refractivity contribution in [3.8, 4) is 0 Å². The number of carbonyl (C=O) groups excluding carboxylic acids is 1. The molecule has 2 aliphatic rings. The Morgan fingerprint density at radius 3 is 2.58 bits per heavy atom. The number of carbonyl (C=O) groups is 1. The van der Waals surface area contributed by atoms with Gasteiger partial charge in [-0.05, 0) is 32.9 Å². The van der Waals surface area contributed by atoms with Crippen LogP contribution in [0.5, 0.6) is 0 Å². The highest BCUT2D eigenvalue weighted by Crippen LogP contribution is 2.25. The maximum absolute atomic E-state index is 11.2. The Kier molecular flexibility index (Phi) is 2.05. The largest absolute Gasteiger partial charge is 0.336 e. The molecule has 1 atom stereocenters. The molecule has 12 heavy (non-hydrogen) atoms. The van der Waals surface area contributed by atoms with Crippen LogP contribution in [0.25, 0.3) is 0 Å². The van der Waals surface area contributed by atoms with Gasteiger partial charge >= 0.3 is 0 Å². The third-order valence-corrected chi connectivity index (χ3v) is 2.93. The van der Waals surface area contributed by atoms with E-state index >= 15 is 0 Å². The van der Waals surface area contributed by atoms with E-state index in [1.165, 1.54) is 0 Å². The minimum Gasteiger partial charge on any atom is -0.336 e. The molecule has 2 heterocycles. The van der Waals surface area contributed by atoms with Gasteiger partial charge in [-0.15, -0.1) is 0 Å². The molecule has 2 fully saturated rings. The van der Waals surface area contributed by atoms with Gasteiger partial charge in [-0.2, -0.15) is 0 Å². The molecule has 1 amide bonds. The van der Waals surface area contributed by atoms with E-state index in [0.29, 0.717) is 18.0 Å². The maximum Gasteiger partial charge on any atom is 0.225 e. The smallest absolute Gasteiger partial charge is 0.225 e. The second kappa shape index (κ2) is 3.05. The summed E-state index contributed by atoms with van der Waals surface area (Å²) in [5, 5.41) is 3.31. The van der Waals surface area contributed by atoms with Gasteiger partial charge in [0.25, 0.3) is 0 Å². The van der Waals surface area contributed by atoms with Gasteiger partial charge in [-0.25, -0.2) is 0 Å². The summed E-state index contributed by atoms with van der Waals surface area (Å²) in [6.45, 7) is 4.28. The molecule has 2 rings (SSSR count). The predicted octanol–water partition coefficient (Wildman–Crippen LogP) is 0.359. The first-order chi connectivity index (χ1) is 5.79. The van der Waals surface area contributed by atoms with Gasteiger partial charge in [-0.3, -0.25) is 4.79 Å². The molecule has 0 aromatic heterocycles. The van der Waals surface area contributed by atoms with E-state index in [1.807, 2.05) is 0 Å². The Hall–Kier alpha value is -0.570. The van der Waals surface area contributed by atoms with Gasteiger partial charge in [-0.1, -0.05) is 0 Å².